The largest absolute Gasteiger partial charge is 0.389 e. The summed E-state index contributed by atoms with van der Waals surface area (Å²) >= 11 is 0. The highest BCUT2D eigenvalue weighted by atomic mass is 16.5. The van der Waals surface area contributed by atoms with Crippen molar-refractivity contribution in [2.45, 2.75) is 53.2 Å². The summed E-state index contributed by atoms with van der Waals surface area (Å²) in [4.78, 5) is 0. The molecule has 0 amide bonds. The first kappa shape index (κ1) is 17.0. The molecule has 1 aromatic rings. The standard InChI is InChI=1S/C17H29NO2/c1-12(2)6-15(5)20-11-17(19)10-18-16-8-13(3)7-14(4)9-16/h7-9,12,15,17-19H,6,10-11H2,1-5H3. The van der Waals surface area contributed by atoms with Crippen LogP contribution in [0.3, 0.4) is 0 Å². The van der Waals surface area contributed by atoms with Gasteiger partial charge in [-0.05, 0) is 56.4 Å². The van der Waals surface area contributed by atoms with E-state index >= 15 is 0 Å². The molecule has 2 N–H and O–H groups in total. The first-order valence-corrected chi connectivity index (χ1v) is 7.48. The summed E-state index contributed by atoms with van der Waals surface area (Å²) in [7, 11) is 0. The molecule has 0 heterocycles. The number of aliphatic hydroxyl groups is 1. The Morgan fingerprint density at radius 3 is 2.25 bits per heavy atom. The van der Waals surface area contributed by atoms with Gasteiger partial charge in [0.05, 0.1) is 18.8 Å². The van der Waals surface area contributed by atoms with E-state index in [1.807, 2.05) is 0 Å². The Kier molecular flexibility index (Phi) is 7.03. The van der Waals surface area contributed by atoms with Gasteiger partial charge in [0.1, 0.15) is 0 Å². The van der Waals surface area contributed by atoms with Crippen molar-refractivity contribution < 1.29 is 9.84 Å². The van der Waals surface area contributed by atoms with Gasteiger partial charge in [0, 0.05) is 12.2 Å². The van der Waals surface area contributed by atoms with Crippen LogP contribution < -0.4 is 5.32 Å². The average molecular weight is 279 g/mol. The number of aliphatic hydroxyl groups excluding tert-OH is 1. The van der Waals surface area contributed by atoms with Crippen LogP contribution in [0, 0.1) is 19.8 Å². The van der Waals surface area contributed by atoms with Gasteiger partial charge in [0.15, 0.2) is 0 Å². The van der Waals surface area contributed by atoms with Crippen molar-refractivity contribution in [3.05, 3.63) is 29.3 Å². The molecule has 0 radical (unpaired) electrons. The van der Waals surface area contributed by atoms with Crippen molar-refractivity contribution in [1.29, 1.82) is 0 Å². The number of aryl methyl sites for hydroxylation is 2. The zero-order valence-electron chi connectivity index (χ0n) is 13.4. The van der Waals surface area contributed by atoms with E-state index < -0.39 is 6.10 Å². The lowest BCUT2D eigenvalue weighted by atomic mass is 10.1. The third-order valence-corrected chi connectivity index (χ3v) is 3.14. The number of nitrogens with one attached hydrogen (secondary N) is 1. The van der Waals surface area contributed by atoms with Crippen molar-refractivity contribution >= 4 is 5.69 Å². The summed E-state index contributed by atoms with van der Waals surface area (Å²) in [5.41, 5.74) is 3.50. The fraction of sp³-hybridized carbons (Fsp3) is 0.647. The molecule has 0 spiro atoms. The molecule has 1 rings (SSSR count). The highest BCUT2D eigenvalue weighted by Crippen LogP contribution is 2.14. The second-order valence-corrected chi connectivity index (χ2v) is 6.18. The number of anilines is 1. The van der Waals surface area contributed by atoms with Gasteiger partial charge in [-0.1, -0.05) is 19.9 Å². The maximum Gasteiger partial charge on any atom is 0.0945 e. The predicted octanol–water partition coefficient (Wildman–Crippen LogP) is 3.53. The van der Waals surface area contributed by atoms with Crippen molar-refractivity contribution in [1.82, 2.24) is 0 Å². The van der Waals surface area contributed by atoms with Crippen molar-refractivity contribution in [3.8, 4) is 0 Å². The highest BCUT2D eigenvalue weighted by Gasteiger charge is 2.09. The predicted molar refractivity (Wildman–Crippen MR) is 85.3 cm³/mol. The summed E-state index contributed by atoms with van der Waals surface area (Å²) < 4.78 is 5.66. The highest BCUT2D eigenvalue weighted by molar-refractivity contribution is 5.48. The van der Waals surface area contributed by atoms with E-state index in [-0.39, 0.29) is 6.10 Å². The molecule has 0 saturated heterocycles. The van der Waals surface area contributed by atoms with E-state index in [0.29, 0.717) is 19.1 Å². The van der Waals surface area contributed by atoms with Gasteiger partial charge < -0.3 is 15.2 Å². The molecule has 114 valence electrons. The molecule has 1 aromatic carbocycles. The Bertz CT molecular complexity index is 384. The van der Waals surface area contributed by atoms with E-state index in [1.165, 1.54) is 11.1 Å². The Morgan fingerprint density at radius 2 is 1.70 bits per heavy atom. The number of hydrogen-bond acceptors (Lipinski definition) is 3. The quantitative estimate of drug-likeness (QED) is 0.765. The van der Waals surface area contributed by atoms with Gasteiger partial charge in [-0.3, -0.25) is 0 Å². The lowest BCUT2D eigenvalue weighted by molar-refractivity contribution is -0.00443. The van der Waals surface area contributed by atoms with Crippen molar-refractivity contribution in [2.24, 2.45) is 5.92 Å². The molecule has 0 bridgehead atoms. The second kappa shape index (κ2) is 8.28. The lowest BCUT2D eigenvalue weighted by Crippen LogP contribution is -2.27. The third kappa shape index (κ3) is 6.92. The van der Waals surface area contributed by atoms with Crippen LogP contribution in [0.4, 0.5) is 5.69 Å². The van der Waals surface area contributed by atoms with E-state index in [9.17, 15) is 5.11 Å². The molecule has 3 nitrogen and oxygen atoms in total. The van der Waals surface area contributed by atoms with Gasteiger partial charge in [0.2, 0.25) is 0 Å². The van der Waals surface area contributed by atoms with Gasteiger partial charge in [0.25, 0.3) is 0 Å². The molecule has 0 fully saturated rings. The zero-order chi connectivity index (χ0) is 15.1. The first-order valence-electron chi connectivity index (χ1n) is 7.48. The fourth-order valence-electron chi connectivity index (χ4n) is 2.38. The molecule has 0 aromatic heterocycles. The maximum absolute atomic E-state index is 9.94. The molecular weight excluding hydrogens is 250 g/mol. The van der Waals surface area contributed by atoms with Gasteiger partial charge in [-0.15, -0.1) is 0 Å². The molecule has 2 atom stereocenters. The van der Waals surface area contributed by atoms with Crippen LogP contribution in [-0.2, 0) is 4.74 Å². The van der Waals surface area contributed by atoms with Crippen LogP contribution in [0.25, 0.3) is 0 Å². The Morgan fingerprint density at radius 1 is 1.10 bits per heavy atom. The minimum atomic E-state index is -0.481. The van der Waals surface area contributed by atoms with Gasteiger partial charge in [-0.2, -0.15) is 0 Å². The van der Waals surface area contributed by atoms with E-state index in [0.717, 1.165) is 12.1 Å². The summed E-state index contributed by atoms with van der Waals surface area (Å²) in [6.07, 6.45) is 0.744. The molecule has 20 heavy (non-hydrogen) atoms. The van der Waals surface area contributed by atoms with E-state index in [2.05, 4.69) is 58.1 Å². The minimum absolute atomic E-state index is 0.200. The van der Waals surface area contributed by atoms with Crippen molar-refractivity contribution in [2.75, 3.05) is 18.5 Å². The molecule has 3 heteroatoms. The molecule has 0 aliphatic heterocycles. The van der Waals surface area contributed by atoms with Gasteiger partial charge in [-0.25, -0.2) is 0 Å². The second-order valence-electron chi connectivity index (χ2n) is 6.18. The van der Waals surface area contributed by atoms with Crippen molar-refractivity contribution in [3.63, 3.8) is 0 Å². The van der Waals surface area contributed by atoms with Crippen LogP contribution in [0.5, 0.6) is 0 Å². The maximum atomic E-state index is 9.94. The Balaban J connectivity index is 2.30. The molecule has 2 unspecified atom stereocenters. The fourth-order valence-corrected chi connectivity index (χ4v) is 2.38. The van der Waals surface area contributed by atoms with Crippen LogP contribution in [0.1, 0.15) is 38.3 Å². The lowest BCUT2D eigenvalue weighted by Gasteiger charge is -2.18. The average Bonchev–Trinajstić information content (AvgIpc) is 2.32. The molecule has 0 aliphatic carbocycles. The molecule has 0 saturated carbocycles. The van der Waals surface area contributed by atoms with Crippen LogP contribution in [0.2, 0.25) is 0 Å². The SMILES string of the molecule is Cc1cc(C)cc(NCC(O)COC(C)CC(C)C)c1. The summed E-state index contributed by atoms with van der Waals surface area (Å²) in [5, 5.41) is 13.2. The summed E-state index contributed by atoms with van der Waals surface area (Å²) in [6.45, 7) is 11.5. The first-order chi connectivity index (χ1) is 9.36. The summed E-state index contributed by atoms with van der Waals surface area (Å²) in [5.74, 6) is 0.621. The monoisotopic (exact) mass is 279 g/mol. The summed E-state index contributed by atoms with van der Waals surface area (Å²) in [6, 6.07) is 6.31. The molecular formula is C17H29NO2. The number of rotatable bonds is 8. The van der Waals surface area contributed by atoms with E-state index in [4.69, 9.17) is 4.74 Å². The van der Waals surface area contributed by atoms with Crippen LogP contribution in [0.15, 0.2) is 18.2 Å². The normalized spacial score (nSPS) is 14.3. The van der Waals surface area contributed by atoms with Gasteiger partial charge >= 0.3 is 0 Å². The third-order valence-electron chi connectivity index (χ3n) is 3.14. The number of ether oxygens (including phenoxy) is 1. The van der Waals surface area contributed by atoms with E-state index in [1.54, 1.807) is 0 Å². The smallest absolute Gasteiger partial charge is 0.0945 e. The minimum Gasteiger partial charge on any atom is -0.389 e. The zero-order valence-corrected chi connectivity index (χ0v) is 13.4. The molecule has 0 aliphatic rings. The Labute approximate surface area is 123 Å². The number of hydrogen-bond donors (Lipinski definition) is 2. The number of benzene rings is 1. The van der Waals surface area contributed by atoms with Crippen LogP contribution in [-0.4, -0.2) is 30.5 Å². The Hall–Kier alpha value is -1.06. The topological polar surface area (TPSA) is 41.5 Å². The van der Waals surface area contributed by atoms with Crippen LogP contribution >= 0.6 is 0 Å².